The van der Waals surface area contributed by atoms with Gasteiger partial charge in [0.2, 0.25) is 0 Å². The lowest BCUT2D eigenvalue weighted by Crippen LogP contribution is -2.38. The van der Waals surface area contributed by atoms with Gasteiger partial charge in [-0.3, -0.25) is 19.2 Å². The second-order valence-corrected chi connectivity index (χ2v) is 11.1. The van der Waals surface area contributed by atoms with Crippen molar-refractivity contribution in [2.24, 2.45) is 11.5 Å². The van der Waals surface area contributed by atoms with Gasteiger partial charge >= 0.3 is 0 Å². The SMILES string of the molecule is CN(CCCN)CCCNc1c(NCCCN(C)CCCNc2c(NCCCN(C)CCCN)c(=O)c2=O)c(=O)c1=O. The summed E-state index contributed by atoms with van der Waals surface area (Å²) in [7, 11) is 6.11. The van der Waals surface area contributed by atoms with Crippen LogP contribution in [0.2, 0.25) is 0 Å². The number of nitrogens with one attached hydrogen (secondary N) is 4. The number of hydrogen-bond acceptors (Lipinski definition) is 13. The van der Waals surface area contributed by atoms with Crippen molar-refractivity contribution in [1.29, 1.82) is 0 Å². The van der Waals surface area contributed by atoms with Crippen molar-refractivity contribution < 1.29 is 0 Å². The van der Waals surface area contributed by atoms with Crippen LogP contribution in [0.4, 0.5) is 22.7 Å². The predicted octanol–water partition coefficient (Wildman–Crippen LogP) is -0.720. The first-order valence-corrected chi connectivity index (χ1v) is 15.3. The Morgan fingerprint density at radius 3 is 0.857 bits per heavy atom. The van der Waals surface area contributed by atoms with Crippen molar-refractivity contribution in [3.05, 3.63) is 40.9 Å². The first kappa shape index (κ1) is 35.4. The van der Waals surface area contributed by atoms with Crippen molar-refractivity contribution in [3.63, 3.8) is 0 Å². The van der Waals surface area contributed by atoms with E-state index in [9.17, 15) is 19.2 Å². The largest absolute Gasteiger partial charge is 0.380 e. The van der Waals surface area contributed by atoms with Crippen LogP contribution in [0.25, 0.3) is 0 Å². The molecule has 8 N–H and O–H groups in total. The standard InChI is InChI=1S/C29H53N9O4/c1-36(16-4-10-30)18-6-12-32-22-24(28(41)26(22)39)34-14-8-20-38(3)21-9-15-35-25-23(27(40)29(25)42)33-13-7-19-37(2)17-5-11-31/h32-35H,4-21,30-31H2,1-3H3. The van der Waals surface area contributed by atoms with Crippen molar-refractivity contribution >= 4 is 22.7 Å². The Kier molecular flexibility index (Phi) is 16.3. The Balaban J connectivity index is 1.59. The minimum Gasteiger partial charge on any atom is -0.380 e. The number of rotatable bonds is 26. The molecule has 0 bridgehead atoms. The molecule has 0 heterocycles. The summed E-state index contributed by atoms with van der Waals surface area (Å²) in [6.45, 7) is 9.09. The third kappa shape index (κ3) is 11.4. The topological polar surface area (TPSA) is 178 Å². The molecule has 2 aromatic carbocycles. The summed E-state index contributed by atoms with van der Waals surface area (Å²) in [6.07, 6.45) is 5.26. The molecule has 0 fully saturated rings. The van der Waals surface area contributed by atoms with E-state index >= 15 is 0 Å². The van der Waals surface area contributed by atoms with Crippen LogP contribution in [0, 0.1) is 0 Å². The smallest absolute Gasteiger partial charge is 0.253 e. The normalized spacial score (nSPS) is 11.8. The first-order valence-electron chi connectivity index (χ1n) is 15.3. The molecule has 0 aromatic heterocycles. The van der Waals surface area contributed by atoms with Gasteiger partial charge in [0.1, 0.15) is 22.7 Å². The highest BCUT2D eigenvalue weighted by molar-refractivity contribution is 5.74. The molecule has 0 spiro atoms. The molecule has 13 nitrogen and oxygen atoms in total. The second kappa shape index (κ2) is 19.4. The van der Waals surface area contributed by atoms with E-state index in [0.717, 1.165) is 77.8 Å². The zero-order chi connectivity index (χ0) is 30.9. The van der Waals surface area contributed by atoms with Crippen LogP contribution < -0.4 is 54.4 Å². The molecular weight excluding hydrogens is 538 g/mol. The van der Waals surface area contributed by atoms with E-state index in [2.05, 4.69) is 36.0 Å². The van der Waals surface area contributed by atoms with Crippen LogP contribution in [0.15, 0.2) is 19.2 Å². The summed E-state index contributed by atoms with van der Waals surface area (Å²) in [6, 6.07) is 0. The van der Waals surface area contributed by atoms with E-state index in [1.54, 1.807) is 0 Å². The quantitative estimate of drug-likeness (QED) is 0.0597. The second-order valence-electron chi connectivity index (χ2n) is 11.1. The summed E-state index contributed by atoms with van der Waals surface area (Å²) in [5.74, 6) is 0. The van der Waals surface area contributed by atoms with E-state index in [1.165, 1.54) is 0 Å². The maximum atomic E-state index is 12.0. The van der Waals surface area contributed by atoms with Crippen LogP contribution in [0.5, 0.6) is 0 Å². The lowest BCUT2D eigenvalue weighted by atomic mass is 10.1. The molecule has 0 saturated heterocycles. The number of anilines is 4. The van der Waals surface area contributed by atoms with Gasteiger partial charge in [-0.15, -0.1) is 0 Å². The molecule has 238 valence electrons. The molecule has 0 unspecified atom stereocenters. The van der Waals surface area contributed by atoms with Crippen LogP contribution in [-0.4, -0.2) is 114 Å². The summed E-state index contributed by atoms with van der Waals surface area (Å²) in [5, 5.41) is 12.5. The van der Waals surface area contributed by atoms with Gasteiger partial charge < -0.3 is 47.4 Å². The van der Waals surface area contributed by atoms with Gasteiger partial charge in [0.25, 0.3) is 21.7 Å². The molecule has 0 atom stereocenters. The van der Waals surface area contributed by atoms with E-state index in [-0.39, 0.29) is 0 Å². The van der Waals surface area contributed by atoms with Gasteiger partial charge in [0, 0.05) is 26.2 Å². The molecule has 0 aliphatic rings. The van der Waals surface area contributed by atoms with Gasteiger partial charge in [0.15, 0.2) is 0 Å². The molecule has 2 aromatic rings. The summed E-state index contributed by atoms with van der Waals surface area (Å²) in [4.78, 5) is 54.6. The maximum Gasteiger partial charge on any atom is 0.253 e. The van der Waals surface area contributed by atoms with Gasteiger partial charge in [-0.1, -0.05) is 0 Å². The van der Waals surface area contributed by atoms with Crippen molar-refractivity contribution in [3.8, 4) is 0 Å². The van der Waals surface area contributed by atoms with Crippen molar-refractivity contribution in [2.45, 2.75) is 38.5 Å². The van der Waals surface area contributed by atoms with E-state index < -0.39 is 21.7 Å². The van der Waals surface area contributed by atoms with Crippen molar-refractivity contribution in [2.75, 3.05) is 121 Å². The summed E-state index contributed by atoms with van der Waals surface area (Å²) in [5.41, 5.74) is 10.8. The van der Waals surface area contributed by atoms with Gasteiger partial charge in [-0.2, -0.15) is 0 Å². The fourth-order valence-corrected chi connectivity index (χ4v) is 4.77. The van der Waals surface area contributed by atoms with E-state index in [4.69, 9.17) is 11.5 Å². The maximum absolute atomic E-state index is 12.0. The minimum absolute atomic E-state index is 0.388. The molecule has 0 saturated carbocycles. The minimum atomic E-state index is -0.459. The Morgan fingerprint density at radius 2 is 0.643 bits per heavy atom. The summed E-state index contributed by atoms with van der Waals surface area (Å²) >= 11 is 0. The molecule has 0 amide bonds. The Morgan fingerprint density at radius 1 is 0.429 bits per heavy atom. The molecular formula is C29H53N9O4. The number of nitrogens with two attached hydrogens (primary N) is 2. The monoisotopic (exact) mass is 591 g/mol. The van der Waals surface area contributed by atoms with Crippen LogP contribution in [-0.2, 0) is 0 Å². The third-order valence-corrected chi connectivity index (χ3v) is 7.38. The highest BCUT2D eigenvalue weighted by Gasteiger charge is 2.21. The van der Waals surface area contributed by atoms with Crippen LogP contribution in [0.3, 0.4) is 0 Å². The van der Waals surface area contributed by atoms with E-state index in [1.807, 2.05) is 21.1 Å². The average molecular weight is 592 g/mol. The number of nitrogens with zero attached hydrogens (tertiary/aromatic N) is 3. The molecule has 0 aliphatic carbocycles. The Bertz CT molecular complexity index is 1100. The Hall–Kier alpha value is -2.84. The van der Waals surface area contributed by atoms with Gasteiger partial charge in [0.05, 0.1) is 0 Å². The predicted molar refractivity (Wildman–Crippen MR) is 175 cm³/mol. The van der Waals surface area contributed by atoms with Crippen LogP contribution in [0.1, 0.15) is 38.5 Å². The fraction of sp³-hybridized carbons (Fsp3) is 0.724. The van der Waals surface area contributed by atoms with E-state index in [0.29, 0.717) is 62.0 Å². The zero-order valence-corrected chi connectivity index (χ0v) is 25.9. The number of hydrogen-bond donors (Lipinski definition) is 6. The average Bonchev–Trinajstić information content (AvgIpc) is 2.99. The Labute approximate surface area is 249 Å². The zero-order valence-electron chi connectivity index (χ0n) is 25.9. The fourth-order valence-electron chi connectivity index (χ4n) is 4.77. The van der Waals surface area contributed by atoms with Crippen LogP contribution >= 0.6 is 0 Å². The molecule has 2 rings (SSSR count). The summed E-state index contributed by atoms with van der Waals surface area (Å²) < 4.78 is 0. The third-order valence-electron chi connectivity index (χ3n) is 7.38. The highest BCUT2D eigenvalue weighted by Crippen LogP contribution is 2.15. The molecule has 0 radical (unpaired) electrons. The van der Waals surface area contributed by atoms with Gasteiger partial charge in [-0.25, -0.2) is 0 Å². The van der Waals surface area contributed by atoms with Crippen molar-refractivity contribution in [1.82, 2.24) is 14.7 Å². The first-order chi connectivity index (χ1) is 20.2. The molecule has 0 aliphatic heterocycles. The highest BCUT2D eigenvalue weighted by atomic mass is 16.2. The lowest BCUT2D eigenvalue weighted by molar-refractivity contribution is 0.330. The molecule has 42 heavy (non-hydrogen) atoms. The van der Waals surface area contributed by atoms with Gasteiger partial charge in [-0.05, 0) is 112 Å². The molecule has 13 heteroatoms. The lowest BCUT2D eigenvalue weighted by Gasteiger charge is -2.20.